The van der Waals surface area contributed by atoms with E-state index in [1.807, 2.05) is 13.8 Å². The molecule has 98 valence electrons. The number of carboxylic acid groups (broad SMARTS) is 1. The Kier molecular flexibility index (Phi) is 3.66. The van der Waals surface area contributed by atoms with Crippen LogP contribution in [0.15, 0.2) is 12.2 Å². The summed E-state index contributed by atoms with van der Waals surface area (Å²) in [6, 6.07) is 0. The van der Waals surface area contributed by atoms with E-state index in [1.165, 1.54) is 17.1 Å². The van der Waals surface area contributed by atoms with Crippen molar-refractivity contribution in [2.45, 2.75) is 51.6 Å². The summed E-state index contributed by atoms with van der Waals surface area (Å²) >= 11 is 0. The minimum Gasteiger partial charge on any atom is -0.481 e. The van der Waals surface area contributed by atoms with Crippen LogP contribution in [-0.4, -0.2) is 43.7 Å². The quantitative estimate of drug-likeness (QED) is 0.636. The zero-order chi connectivity index (χ0) is 13.4. The summed E-state index contributed by atoms with van der Waals surface area (Å²) in [5, 5.41) is 28.9. The van der Waals surface area contributed by atoms with Gasteiger partial charge in [-0.3, -0.25) is 4.79 Å². The van der Waals surface area contributed by atoms with Crippen molar-refractivity contribution >= 4 is 5.97 Å². The summed E-state index contributed by atoms with van der Waals surface area (Å²) in [4.78, 5) is 12.4. The Morgan fingerprint density at radius 3 is 2.47 bits per heavy atom. The van der Waals surface area contributed by atoms with Gasteiger partial charge >= 0.3 is 5.97 Å². The number of nitrogens with zero attached hydrogens (tertiary/aromatic N) is 1. The molecule has 0 aromatic heterocycles. The Balaban J connectivity index is 2.87. The summed E-state index contributed by atoms with van der Waals surface area (Å²) in [5.41, 5.74) is -1.87. The molecule has 3 unspecified atom stereocenters. The Hall–Kier alpha value is -0.910. The van der Waals surface area contributed by atoms with Gasteiger partial charge in [0.05, 0.1) is 5.92 Å². The van der Waals surface area contributed by atoms with E-state index >= 15 is 0 Å². The van der Waals surface area contributed by atoms with Crippen LogP contribution >= 0.6 is 0 Å². The lowest BCUT2D eigenvalue weighted by atomic mass is 9.88. The normalized spacial score (nSPS) is 31.8. The molecule has 1 aliphatic heterocycles. The fourth-order valence-electron chi connectivity index (χ4n) is 2.61. The Labute approximate surface area is 101 Å². The first-order valence-electron chi connectivity index (χ1n) is 5.70. The molecule has 5 nitrogen and oxygen atoms in total. The standard InChI is InChI=1S/C12H21NO4/c1-8(10(15)16)7-11(2,3)13-9(14)5-6-12(13,4)17/h5-6,8-9,14,17H,7H2,1-4H3,(H,15,16). The number of carbonyl (C=O) groups is 1. The summed E-state index contributed by atoms with van der Waals surface area (Å²) in [6.07, 6.45) is 2.48. The Morgan fingerprint density at radius 1 is 1.59 bits per heavy atom. The number of hydrogen-bond acceptors (Lipinski definition) is 4. The van der Waals surface area contributed by atoms with Crippen molar-refractivity contribution in [1.82, 2.24) is 4.90 Å². The summed E-state index contributed by atoms with van der Waals surface area (Å²) in [7, 11) is 0. The van der Waals surface area contributed by atoms with Gasteiger partial charge in [-0.2, -0.15) is 0 Å². The van der Waals surface area contributed by atoms with Crippen LogP contribution < -0.4 is 0 Å². The van der Waals surface area contributed by atoms with Crippen molar-refractivity contribution in [2.24, 2.45) is 5.92 Å². The van der Waals surface area contributed by atoms with Gasteiger partial charge in [0.2, 0.25) is 0 Å². The molecular formula is C12H21NO4. The fraction of sp³-hybridized carbons (Fsp3) is 0.750. The number of rotatable bonds is 4. The molecule has 0 spiro atoms. The Bertz CT molecular complexity index is 335. The van der Waals surface area contributed by atoms with Gasteiger partial charge in [0.25, 0.3) is 0 Å². The zero-order valence-electron chi connectivity index (χ0n) is 10.7. The number of carboxylic acids is 1. The van der Waals surface area contributed by atoms with E-state index in [0.717, 1.165) is 0 Å². The van der Waals surface area contributed by atoms with Gasteiger partial charge < -0.3 is 15.3 Å². The molecule has 3 N–H and O–H groups in total. The second-order valence-electron chi connectivity index (χ2n) is 5.49. The highest BCUT2D eigenvalue weighted by atomic mass is 16.4. The molecule has 0 fully saturated rings. The number of aliphatic carboxylic acids is 1. The molecular weight excluding hydrogens is 222 g/mol. The van der Waals surface area contributed by atoms with Crippen LogP contribution in [0.2, 0.25) is 0 Å². The smallest absolute Gasteiger partial charge is 0.306 e. The second kappa shape index (κ2) is 4.40. The van der Waals surface area contributed by atoms with E-state index in [9.17, 15) is 15.0 Å². The van der Waals surface area contributed by atoms with Crippen LogP contribution in [-0.2, 0) is 4.79 Å². The number of aliphatic hydroxyl groups excluding tert-OH is 1. The van der Waals surface area contributed by atoms with E-state index in [0.29, 0.717) is 6.42 Å². The summed E-state index contributed by atoms with van der Waals surface area (Å²) in [6.45, 7) is 6.83. The van der Waals surface area contributed by atoms with Crippen molar-refractivity contribution in [1.29, 1.82) is 0 Å². The minimum atomic E-state index is -1.25. The minimum absolute atomic E-state index is 0.344. The van der Waals surface area contributed by atoms with Crippen LogP contribution in [0, 0.1) is 5.92 Å². The predicted octanol–water partition coefficient (Wildman–Crippen LogP) is 0.774. The van der Waals surface area contributed by atoms with Crippen molar-refractivity contribution in [3.8, 4) is 0 Å². The maximum absolute atomic E-state index is 10.9. The second-order valence-corrected chi connectivity index (χ2v) is 5.49. The molecule has 1 heterocycles. The van der Waals surface area contributed by atoms with Crippen LogP contribution in [0.3, 0.4) is 0 Å². The SMILES string of the molecule is CC(CC(C)(C)N1C(O)C=CC1(C)O)C(=O)O. The van der Waals surface area contributed by atoms with Crippen molar-refractivity contribution < 1.29 is 20.1 Å². The summed E-state index contributed by atoms with van der Waals surface area (Å²) in [5.74, 6) is -1.41. The zero-order valence-corrected chi connectivity index (χ0v) is 10.7. The highest BCUT2D eigenvalue weighted by Gasteiger charge is 2.45. The molecule has 0 radical (unpaired) electrons. The molecule has 17 heavy (non-hydrogen) atoms. The third-order valence-electron chi connectivity index (χ3n) is 3.22. The highest BCUT2D eigenvalue weighted by molar-refractivity contribution is 5.69. The van der Waals surface area contributed by atoms with E-state index in [-0.39, 0.29) is 0 Å². The molecule has 0 saturated carbocycles. The van der Waals surface area contributed by atoms with Crippen LogP contribution in [0.4, 0.5) is 0 Å². The van der Waals surface area contributed by atoms with E-state index in [4.69, 9.17) is 5.11 Å². The molecule has 0 bridgehead atoms. The number of aliphatic hydroxyl groups is 2. The van der Waals surface area contributed by atoms with Crippen LogP contribution in [0.25, 0.3) is 0 Å². The van der Waals surface area contributed by atoms with Crippen molar-refractivity contribution in [2.75, 3.05) is 0 Å². The topological polar surface area (TPSA) is 81.0 Å². The first-order valence-corrected chi connectivity index (χ1v) is 5.70. The molecule has 0 aromatic carbocycles. The highest BCUT2D eigenvalue weighted by Crippen LogP contribution is 2.35. The van der Waals surface area contributed by atoms with Gasteiger partial charge in [0.15, 0.2) is 0 Å². The summed E-state index contributed by atoms with van der Waals surface area (Å²) < 4.78 is 0. The third-order valence-corrected chi connectivity index (χ3v) is 3.22. The molecule has 5 heteroatoms. The molecule has 0 saturated heterocycles. The average Bonchev–Trinajstić information content (AvgIpc) is 2.39. The van der Waals surface area contributed by atoms with Gasteiger partial charge in [-0.05, 0) is 39.3 Å². The molecule has 1 aliphatic rings. The van der Waals surface area contributed by atoms with Gasteiger partial charge in [-0.25, -0.2) is 4.90 Å². The van der Waals surface area contributed by atoms with Crippen molar-refractivity contribution in [3.05, 3.63) is 12.2 Å². The fourth-order valence-corrected chi connectivity index (χ4v) is 2.61. The largest absolute Gasteiger partial charge is 0.481 e. The first kappa shape index (κ1) is 14.2. The lowest BCUT2D eigenvalue weighted by molar-refractivity contribution is -0.163. The Morgan fingerprint density at radius 2 is 2.12 bits per heavy atom. The molecule has 0 amide bonds. The van der Waals surface area contributed by atoms with Gasteiger partial charge in [-0.1, -0.05) is 6.92 Å². The van der Waals surface area contributed by atoms with Crippen molar-refractivity contribution in [3.63, 3.8) is 0 Å². The van der Waals surface area contributed by atoms with Gasteiger partial charge in [0, 0.05) is 5.54 Å². The van der Waals surface area contributed by atoms with Crippen LogP contribution in [0.1, 0.15) is 34.1 Å². The predicted molar refractivity (Wildman–Crippen MR) is 63.1 cm³/mol. The lowest BCUT2D eigenvalue weighted by Gasteiger charge is -2.45. The monoisotopic (exact) mass is 243 g/mol. The third kappa shape index (κ3) is 2.86. The van der Waals surface area contributed by atoms with Gasteiger partial charge in [0.1, 0.15) is 12.0 Å². The van der Waals surface area contributed by atoms with E-state index in [2.05, 4.69) is 0 Å². The molecule has 1 rings (SSSR count). The molecule has 0 aromatic rings. The van der Waals surface area contributed by atoms with E-state index in [1.54, 1.807) is 13.8 Å². The maximum Gasteiger partial charge on any atom is 0.306 e. The van der Waals surface area contributed by atoms with Gasteiger partial charge in [-0.15, -0.1) is 0 Å². The number of hydrogen-bond donors (Lipinski definition) is 3. The maximum atomic E-state index is 10.9. The van der Waals surface area contributed by atoms with E-state index < -0.39 is 29.4 Å². The van der Waals surface area contributed by atoms with Crippen LogP contribution in [0.5, 0.6) is 0 Å². The first-order chi connectivity index (χ1) is 7.58. The lowest BCUT2D eigenvalue weighted by Crippen LogP contribution is -2.58. The molecule has 0 aliphatic carbocycles. The average molecular weight is 243 g/mol. The molecule has 3 atom stereocenters.